The molecule has 1 aromatic rings. The molecule has 20 heavy (non-hydrogen) atoms. The average Bonchev–Trinajstić information content (AvgIpc) is 2.88. The summed E-state index contributed by atoms with van der Waals surface area (Å²) in [6, 6.07) is 3.58. The summed E-state index contributed by atoms with van der Waals surface area (Å²) in [5.41, 5.74) is 5.19. The molecule has 3 N–H and O–H groups in total. The number of nitrogens with two attached hydrogens (primary N) is 1. The second-order valence-electron chi connectivity index (χ2n) is 6.09. The Morgan fingerprint density at radius 3 is 2.95 bits per heavy atom. The third-order valence-corrected chi connectivity index (χ3v) is 5.27. The van der Waals surface area contributed by atoms with E-state index in [4.69, 9.17) is 10.5 Å². The molecule has 5 nitrogen and oxygen atoms in total. The Kier molecular flexibility index (Phi) is 3.15. The molecule has 2 aliphatic rings. The van der Waals surface area contributed by atoms with Gasteiger partial charge < -0.3 is 15.8 Å². The van der Waals surface area contributed by atoms with Crippen molar-refractivity contribution in [3.63, 3.8) is 0 Å². The van der Waals surface area contributed by atoms with Crippen LogP contribution in [-0.4, -0.2) is 29.1 Å². The number of fused-ring (bicyclic) bond motifs is 1. The highest BCUT2D eigenvalue weighted by Crippen LogP contribution is 2.58. The fraction of sp³-hybridized carbons (Fsp3) is 0.571. The number of carbonyl (C=O) groups excluding carboxylic acids is 1. The van der Waals surface area contributed by atoms with Crippen molar-refractivity contribution in [2.24, 2.45) is 17.1 Å². The number of ether oxygens (including phenoxy) is 1. The number of amides is 1. The lowest BCUT2D eigenvalue weighted by molar-refractivity contribution is -0.170. The van der Waals surface area contributed by atoms with Crippen molar-refractivity contribution in [1.82, 2.24) is 4.98 Å². The number of anilines is 1. The van der Waals surface area contributed by atoms with E-state index >= 15 is 0 Å². The van der Waals surface area contributed by atoms with Crippen molar-refractivity contribution >= 4 is 27.7 Å². The fourth-order valence-corrected chi connectivity index (χ4v) is 3.75. The summed E-state index contributed by atoms with van der Waals surface area (Å²) in [6.45, 7) is 4.67. The van der Waals surface area contributed by atoms with Crippen LogP contribution in [0.15, 0.2) is 22.8 Å². The summed E-state index contributed by atoms with van der Waals surface area (Å²) < 4.78 is 6.56. The highest BCUT2D eigenvalue weighted by molar-refractivity contribution is 9.10. The van der Waals surface area contributed by atoms with E-state index in [2.05, 4.69) is 26.2 Å². The first-order valence-corrected chi connectivity index (χ1v) is 7.50. The predicted molar refractivity (Wildman–Crippen MR) is 79.1 cm³/mol. The van der Waals surface area contributed by atoms with E-state index in [1.165, 1.54) is 0 Å². The molecule has 2 heterocycles. The van der Waals surface area contributed by atoms with Crippen molar-refractivity contribution in [3.8, 4) is 0 Å². The van der Waals surface area contributed by atoms with Gasteiger partial charge in [-0.2, -0.15) is 0 Å². The Hall–Kier alpha value is -0.980. The monoisotopic (exact) mass is 339 g/mol. The minimum absolute atomic E-state index is 0.0797. The molecule has 1 aliphatic heterocycles. The number of aromatic nitrogens is 1. The molecule has 3 atom stereocenters. The number of rotatable bonds is 2. The van der Waals surface area contributed by atoms with E-state index in [0.29, 0.717) is 12.4 Å². The van der Waals surface area contributed by atoms with Gasteiger partial charge in [0.25, 0.3) is 0 Å². The van der Waals surface area contributed by atoms with Crippen LogP contribution >= 0.6 is 15.9 Å². The van der Waals surface area contributed by atoms with Gasteiger partial charge in [0, 0.05) is 28.6 Å². The summed E-state index contributed by atoms with van der Waals surface area (Å²) >= 11 is 3.31. The molecule has 6 heteroatoms. The minimum atomic E-state index is -0.900. The molecular formula is C14H18BrN3O2. The van der Waals surface area contributed by atoms with Gasteiger partial charge in [0.05, 0.1) is 6.10 Å². The Morgan fingerprint density at radius 2 is 2.30 bits per heavy atom. The third-order valence-electron chi connectivity index (χ3n) is 4.80. The summed E-state index contributed by atoms with van der Waals surface area (Å²) in [7, 11) is 0. The van der Waals surface area contributed by atoms with Crippen molar-refractivity contribution in [2.75, 3.05) is 11.9 Å². The Balaban J connectivity index is 1.81. The van der Waals surface area contributed by atoms with E-state index < -0.39 is 5.54 Å². The van der Waals surface area contributed by atoms with Crippen LogP contribution in [0.2, 0.25) is 0 Å². The Labute approximate surface area is 126 Å². The highest BCUT2D eigenvalue weighted by Gasteiger charge is 2.71. The summed E-state index contributed by atoms with van der Waals surface area (Å²) in [5, 5.41) is 2.83. The van der Waals surface area contributed by atoms with Gasteiger partial charge >= 0.3 is 0 Å². The maximum absolute atomic E-state index is 12.6. The fourth-order valence-electron chi connectivity index (χ4n) is 3.51. The molecule has 0 aromatic carbocycles. The van der Waals surface area contributed by atoms with Crippen LogP contribution in [0.3, 0.4) is 0 Å². The molecule has 3 rings (SSSR count). The SMILES string of the molecule is CC1(C)C2OCCC2C1(N)C(=O)Nc1ccc(Br)cn1. The molecule has 1 aromatic heterocycles. The van der Waals surface area contributed by atoms with Gasteiger partial charge in [-0.3, -0.25) is 4.79 Å². The van der Waals surface area contributed by atoms with Gasteiger partial charge in [0.15, 0.2) is 0 Å². The van der Waals surface area contributed by atoms with Gasteiger partial charge in [0.1, 0.15) is 11.4 Å². The van der Waals surface area contributed by atoms with Gasteiger partial charge in [-0.25, -0.2) is 4.98 Å². The van der Waals surface area contributed by atoms with E-state index in [1.54, 1.807) is 12.3 Å². The number of nitrogens with zero attached hydrogens (tertiary/aromatic N) is 1. The lowest BCUT2D eigenvalue weighted by Crippen LogP contribution is -2.79. The van der Waals surface area contributed by atoms with Gasteiger partial charge in [-0.15, -0.1) is 0 Å². The van der Waals surface area contributed by atoms with E-state index in [9.17, 15) is 4.79 Å². The second kappa shape index (κ2) is 4.51. The summed E-state index contributed by atoms with van der Waals surface area (Å²) in [6.07, 6.45) is 2.56. The molecule has 1 saturated heterocycles. The first-order chi connectivity index (χ1) is 9.37. The van der Waals surface area contributed by atoms with Crippen LogP contribution in [0.5, 0.6) is 0 Å². The average molecular weight is 340 g/mol. The van der Waals surface area contributed by atoms with Crippen LogP contribution in [0, 0.1) is 11.3 Å². The van der Waals surface area contributed by atoms with Crippen LogP contribution < -0.4 is 11.1 Å². The number of nitrogens with one attached hydrogen (secondary N) is 1. The van der Waals surface area contributed by atoms with Gasteiger partial charge in [0.2, 0.25) is 5.91 Å². The van der Waals surface area contributed by atoms with Crippen LogP contribution in [-0.2, 0) is 9.53 Å². The van der Waals surface area contributed by atoms with Crippen molar-refractivity contribution < 1.29 is 9.53 Å². The lowest BCUT2D eigenvalue weighted by Gasteiger charge is -2.60. The number of hydrogen-bond acceptors (Lipinski definition) is 4. The summed E-state index contributed by atoms with van der Waals surface area (Å²) in [4.78, 5) is 16.8. The molecule has 0 spiro atoms. The van der Waals surface area contributed by atoms with Crippen molar-refractivity contribution in [3.05, 3.63) is 22.8 Å². The number of hydrogen-bond donors (Lipinski definition) is 2. The zero-order chi connectivity index (χ0) is 14.5. The highest BCUT2D eigenvalue weighted by atomic mass is 79.9. The molecule has 0 bridgehead atoms. The van der Waals surface area contributed by atoms with Crippen molar-refractivity contribution in [1.29, 1.82) is 0 Å². The molecule has 1 saturated carbocycles. The summed E-state index contributed by atoms with van der Waals surface area (Å²) in [5.74, 6) is 0.429. The molecule has 1 amide bonds. The molecule has 1 aliphatic carbocycles. The molecular weight excluding hydrogens is 322 g/mol. The topological polar surface area (TPSA) is 77.2 Å². The maximum atomic E-state index is 12.6. The van der Waals surface area contributed by atoms with Gasteiger partial charge in [-0.05, 0) is 34.5 Å². The predicted octanol–water partition coefficient (Wildman–Crippen LogP) is 1.92. The molecule has 3 unspecified atom stereocenters. The quantitative estimate of drug-likeness (QED) is 0.862. The first-order valence-electron chi connectivity index (χ1n) is 6.71. The minimum Gasteiger partial charge on any atom is -0.377 e. The smallest absolute Gasteiger partial charge is 0.246 e. The lowest BCUT2D eigenvalue weighted by atomic mass is 9.48. The second-order valence-corrected chi connectivity index (χ2v) is 7.01. The van der Waals surface area contributed by atoms with Gasteiger partial charge in [-0.1, -0.05) is 13.8 Å². The van der Waals surface area contributed by atoms with Crippen LogP contribution in [0.1, 0.15) is 20.3 Å². The molecule has 108 valence electrons. The van der Waals surface area contributed by atoms with E-state index in [0.717, 1.165) is 10.9 Å². The van der Waals surface area contributed by atoms with Crippen molar-refractivity contribution in [2.45, 2.75) is 31.9 Å². The normalized spacial score (nSPS) is 34.2. The standard InChI is InChI=1S/C14H18BrN3O2/c1-13(2)11-9(5-6-20-11)14(13,16)12(19)18-10-4-3-8(15)7-17-10/h3-4,7,9,11H,5-6,16H2,1-2H3,(H,17,18,19). The Bertz CT molecular complexity index is 546. The van der Waals surface area contributed by atoms with Crippen LogP contribution in [0.25, 0.3) is 0 Å². The zero-order valence-electron chi connectivity index (χ0n) is 11.5. The first kappa shape index (κ1) is 14.0. The van der Waals surface area contributed by atoms with E-state index in [-0.39, 0.29) is 23.3 Å². The van der Waals surface area contributed by atoms with E-state index in [1.807, 2.05) is 19.9 Å². The molecule has 2 fully saturated rings. The molecule has 0 radical (unpaired) electrons. The number of carbonyl (C=O) groups is 1. The number of halogens is 1. The van der Waals surface area contributed by atoms with Crippen LogP contribution in [0.4, 0.5) is 5.82 Å². The third kappa shape index (κ3) is 1.75. The number of pyridine rings is 1. The zero-order valence-corrected chi connectivity index (χ0v) is 13.1. The Morgan fingerprint density at radius 1 is 1.55 bits per heavy atom. The maximum Gasteiger partial charge on any atom is 0.246 e. The largest absolute Gasteiger partial charge is 0.377 e.